The van der Waals surface area contributed by atoms with Gasteiger partial charge in [0, 0.05) is 24.7 Å². The molecule has 3 rings (SSSR count). The first kappa shape index (κ1) is 23.6. The lowest BCUT2D eigenvalue weighted by Gasteiger charge is -2.37. The SMILES string of the molecule is CNC[C@H]1Oc2ccc(NC(=O)Nc3c(C)noc3C)cc2C(=O)N([C@@H](C)CO)C[C@@H]1C. The number of carbonyl (C=O) groups excluding carboxylic acids is 2. The minimum Gasteiger partial charge on any atom is -0.488 e. The van der Waals surface area contributed by atoms with Crippen LogP contribution >= 0.6 is 0 Å². The molecule has 4 N–H and O–H groups in total. The Kier molecular flexibility index (Phi) is 7.37. The highest BCUT2D eigenvalue weighted by Crippen LogP contribution is 2.30. The van der Waals surface area contributed by atoms with Crippen molar-refractivity contribution in [2.45, 2.75) is 39.8 Å². The van der Waals surface area contributed by atoms with E-state index < -0.39 is 6.03 Å². The Balaban J connectivity index is 1.89. The fourth-order valence-electron chi connectivity index (χ4n) is 3.68. The monoisotopic (exact) mass is 445 g/mol. The normalized spacial score (nSPS) is 19.4. The highest BCUT2D eigenvalue weighted by atomic mass is 16.5. The first-order valence-electron chi connectivity index (χ1n) is 10.6. The first-order chi connectivity index (χ1) is 15.2. The maximum Gasteiger partial charge on any atom is 0.323 e. The van der Waals surface area contributed by atoms with E-state index in [0.717, 1.165) is 0 Å². The van der Waals surface area contributed by atoms with Crippen molar-refractivity contribution in [2.24, 2.45) is 5.92 Å². The van der Waals surface area contributed by atoms with Gasteiger partial charge in [0.2, 0.25) is 0 Å². The molecule has 10 heteroatoms. The summed E-state index contributed by atoms with van der Waals surface area (Å²) in [5.74, 6) is 0.727. The number of aliphatic hydroxyl groups excluding tert-OH is 1. The molecule has 10 nitrogen and oxygen atoms in total. The lowest BCUT2D eigenvalue weighted by Crippen LogP contribution is -2.49. The Bertz CT molecular complexity index is 956. The van der Waals surface area contributed by atoms with Crippen LogP contribution < -0.4 is 20.7 Å². The van der Waals surface area contributed by atoms with Gasteiger partial charge < -0.3 is 35.2 Å². The molecule has 2 heterocycles. The lowest BCUT2D eigenvalue weighted by atomic mass is 9.99. The standard InChI is InChI=1S/C22H31N5O5/c1-12-10-27(13(2)11-28)21(29)17-8-16(6-7-18(17)31-19(12)9-23-5)24-22(30)25-20-14(3)26-32-15(20)4/h6-8,12-13,19,23,28H,9-11H2,1-5H3,(H2,24,25,30)/t12-,13-,19+/m0/s1. The van der Waals surface area contributed by atoms with Crippen LogP contribution in [0.1, 0.15) is 35.7 Å². The van der Waals surface area contributed by atoms with Gasteiger partial charge in [0.05, 0.1) is 18.2 Å². The van der Waals surface area contributed by atoms with E-state index in [1.807, 2.05) is 14.0 Å². The molecule has 0 saturated carbocycles. The number of hydrogen-bond acceptors (Lipinski definition) is 7. The topological polar surface area (TPSA) is 129 Å². The maximum atomic E-state index is 13.4. The van der Waals surface area contributed by atoms with Gasteiger partial charge in [-0.15, -0.1) is 0 Å². The van der Waals surface area contributed by atoms with Gasteiger partial charge in [0.1, 0.15) is 23.2 Å². The number of nitrogens with zero attached hydrogens (tertiary/aromatic N) is 2. The van der Waals surface area contributed by atoms with Crippen LogP contribution in [0.3, 0.4) is 0 Å². The molecule has 0 unspecified atom stereocenters. The zero-order valence-corrected chi connectivity index (χ0v) is 19.1. The maximum absolute atomic E-state index is 13.4. The van der Waals surface area contributed by atoms with Crippen molar-refractivity contribution in [1.82, 2.24) is 15.4 Å². The zero-order chi connectivity index (χ0) is 23.4. The average molecular weight is 446 g/mol. The predicted octanol–water partition coefficient (Wildman–Crippen LogP) is 2.37. The molecular formula is C22H31N5O5. The number of nitrogens with one attached hydrogen (secondary N) is 3. The minimum absolute atomic E-state index is 0.0483. The number of fused-ring (bicyclic) bond motifs is 1. The quantitative estimate of drug-likeness (QED) is 0.537. The van der Waals surface area contributed by atoms with Crippen LogP contribution in [0.2, 0.25) is 0 Å². The molecule has 0 spiro atoms. The molecule has 0 radical (unpaired) electrons. The summed E-state index contributed by atoms with van der Waals surface area (Å²) in [5, 5.41) is 22.1. The molecule has 0 saturated heterocycles. The van der Waals surface area contributed by atoms with Gasteiger partial charge in [0.15, 0.2) is 5.76 Å². The Morgan fingerprint density at radius 2 is 2.09 bits per heavy atom. The fourth-order valence-corrected chi connectivity index (χ4v) is 3.68. The molecule has 32 heavy (non-hydrogen) atoms. The summed E-state index contributed by atoms with van der Waals surface area (Å²) in [4.78, 5) is 27.5. The van der Waals surface area contributed by atoms with E-state index in [1.54, 1.807) is 43.9 Å². The van der Waals surface area contributed by atoms with E-state index in [1.165, 1.54) is 0 Å². The van der Waals surface area contributed by atoms with Gasteiger partial charge in [-0.3, -0.25) is 4.79 Å². The van der Waals surface area contributed by atoms with Crippen molar-refractivity contribution < 1.29 is 24.0 Å². The summed E-state index contributed by atoms with van der Waals surface area (Å²) in [6, 6.07) is 4.11. The van der Waals surface area contributed by atoms with Crippen molar-refractivity contribution in [2.75, 3.05) is 37.4 Å². The number of aryl methyl sites for hydroxylation is 2. The van der Waals surface area contributed by atoms with E-state index in [-0.39, 0.29) is 30.6 Å². The number of aliphatic hydroxyl groups is 1. The number of ether oxygens (including phenoxy) is 1. The third kappa shape index (κ3) is 5.03. The number of anilines is 2. The largest absolute Gasteiger partial charge is 0.488 e. The van der Waals surface area contributed by atoms with Crippen molar-refractivity contribution in [1.29, 1.82) is 0 Å². The third-order valence-corrected chi connectivity index (χ3v) is 5.60. The number of aromatic nitrogens is 1. The smallest absolute Gasteiger partial charge is 0.323 e. The summed E-state index contributed by atoms with van der Waals surface area (Å²) in [5.41, 5.74) is 1.83. The van der Waals surface area contributed by atoms with Gasteiger partial charge in [-0.05, 0) is 46.0 Å². The lowest BCUT2D eigenvalue weighted by molar-refractivity contribution is 0.0416. The number of rotatable bonds is 6. The number of likely N-dealkylation sites (N-methyl/N-ethyl adjacent to an activating group) is 1. The number of hydrogen-bond donors (Lipinski definition) is 4. The molecule has 3 amide bonds. The second-order valence-corrected chi connectivity index (χ2v) is 8.17. The van der Waals surface area contributed by atoms with Crippen molar-refractivity contribution in [3.05, 3.63) is 35.2 Å². The van der Waals surface area contributed by atoms with E-state index in [4.69, 9.17) is 9.26 Å². The molecule has 1 aliphatic heterocycles. The molecule has 1 aliphatic rings. The summed E-state index contributed by atoms with van der Waals surface area (Å²) in [7, 11) is 1.85. The number of urea groups is 1. The molecule has 0 fully saturated rings. The Hall–Kier alpha value is -3.11. The van der Waals surface area contributed by atoms with E-state index in [9.17, 15) is 14.7 Å². The first-order valence-corrected chi connectivity index (χ1v) is 10.6. The summed E-state index contributed by atoms with van der Waals surface area (Å²) < 4.78 is 11.2. The molecule has 174 valence electrons. The van der Waals surface area contributed by atoms with Crippen LogP contribution in [-0.4, -0.2) is 66.0 Å². The molecule has 2 aromatic rings. The number of benzene rings is 1. The van der Waals surface area contributed by atoms with Gasteiger partial charge in [-0.25, -0.2) is 4.79 Å². The predicted molar refractivity (Wildman–Crippen MR) is 120 cm³/mol. The van der Waals surface area contributed by atoms with Crippen LogP contribution in [0.5, 0.6) is 5.75 Å². The summed E-state index contributed by atoms with van der Waals surface area (Å²) >= 11 is 0. The third-order valence-electron chi connectivity index (χ3n) is 5.60. The minimum atomic E-state index is -0.485. The Morgan fingerprint density at radius 1 is 1.34 bits per heavy atom. The van der Waals surface area contributed by atoms with Gasteiger partial charge >= 0.3 is 6.03 Å². The number of amides is 3. The number of carbonyl (C=O) groups is 2. The van der Waals surface area contributed by atoms with Crippen molar-refractivity contribution in [3.8, 4) is 5.75 Å². The fraction of sp³-hybridized carbons (Fsp3) is 0.500. The van der Waals surface area contributed by atoms with Crippen LogP contribution in [0, 0.1) is 19.8 Å². The van der Waals surface area contributed by atoms with Crippen LogP contribution in [0.4, 0.5) is 16.2 Å². The highest BCUT2D eigenvalue weighted by Gasteiger charge is 2.32. The molecule has 0 bridgehead atoms. The van der Waals surface area contributed by atoms with Gasteiger partial charge in [-0.2, -0.15) is 0 Å². The van der Waals surface area contributed by atoms with E-state index in [0.29, 0.717) is 47.2 Å². The van der Waals surface area contributed by atoms with Crippen molar-refractivity contribution >= 4 is 23.3 Å². The summed E-state index contributed by atoms with van der Waals surface area (Å²) in [6.07, 6.45) is -0.165. The Labute approximate surface area is 187 Å². The molecule has 3 atom stereocenters. The van der Waals surface area contributed by atoms with Crippen LogP contribution in [0.15, 0.2) is 22.7 Å². The van der Waals surface area contributed by atoms with Crippen LogP contribution in [0.25, 0.3) is 0 Å². The van der Waals surface area contributed by atoms with E-state index >= 15 is 0 Å². The molecule has 1 aromatic heterocycles. The van der Waals surface area contributed by atoms with E-state index in [2.05, 4.69) is 21.1 Å². The second-order valence-electron chi connectivity index (χ2n) is 8.17. The average Bonchev–Trinajstić information content (AvgIpc) is 3.08. The Morgan fingerprint density at radius 3 is 2.72 bits per heavy atom. The van der Waals surface area contributed by atoms with Crippen LogP contribution in [-0.2, 0) is 0 Å². The summed E-state index contributed by atoms with van der Waals surface area (Å²) in [6.45, 7) is 8.16. The van der Waals surface area contributed by atoms with Gasteiger partial charge in [0.25, 0.3) is 5.91 Å². The van der Waals surface area contributed by atoms with Crippen molar-refractivity contribution in [3.63, 3.8) is 0 Å². The molecule has 0 aliphatic carbocycles. The second kappa shape index (κ2) is 10.0. The highest BCUT2D eigenvalue weighted by molar-refractivity contribution is 6.03. The van der Waals surface area contributed by atoms with Gasteiger partial charge in [-0.1, -0.05) is 12.1 Å². The molecule has 1 aromatic carbocycles. The zero-order valence-electron chi connectivity index (χ0n) is 19.1. The molecular weight excluding hydrogens is 414 g/mol.